The number of aliphatic hydroxyl groups excluding tert-OH is 2. The number of hydrogen-bond acceptors (Lipinski definition) is 5. The Kier molecular flexibility index (Phi) is 5.80. The Morgan fingerprint density at radius 2 is 1.68 bits per heavy atom. The van der Waals surface area contributed by atoms with Gasteiger partial charge in [-0.05, 0) is 24.1 Å². The van der Waals surface area contributed by atoms with Crippen LogP contribution in [0.2, 0.25) is 0 Å². The Hall–Kier alpha value is -3.12. The standard InChI is InChI=1S/C22H24N2O4/c1-23(2)17-11-9-15(10-12-17)19-18(20(26)16-7-4-3-5-8-16)21(27)22(28)24(19)13-6-14-25/h3-5,7-12,19,25-26H,6,13-14H2,1-2H3/b20-18+. The van der Waals surface area contributed by atoms with Crippen LogP contribution in [0.5, 0.6) is 0 Å². The summed E-state index contributed by atoms with van der Waals surface area (Å²) in [4.78, 5) is 28.8. The van der Waals surface area contributed by atoms with Crippen molar-refractivity contribution in [1.29, 1.82) is 0 Å². The zero-order chi connectivity index (χ0) is 20.3. The summed E-state index contributed by atoms with van der Waals surface area (Å²) in [5.74, 6) is -1.55. The Bertz CT molecular complexity index is 889. The van der Waals surface area contributed by atoms with Crippen LogP contribution in [0, 0.1) is 0 Å². The lowest BCUT2D eigenvalue weighted by Crippen LogP contribution is -2.31. The molecule has 1 amide bonds. The zero-order valence-corrected chi connectivity index (χ0v) is 16.0. The van der Waals surface area contributed by atoms with Gasteiger partial charge in [0, 0.05) is 38.5 Å². The summed E-state index contributed by atoms with van der Waals surface area (Å²) in [5.41, 5.74) is 2.28. The molecule has 1 aliphatic rings. The largest absolute Gasteiger partial charge is 0.507 e. The summed E-state index contributed by atoms with van der Waals surface area (Å²) < 4.78 is 0. The Morgan fingerprint density at radius 1 is 1.04 bits per heavy atom. The number of carbonyl (C=O) groups is 2. The van der Waals surface area contributed by atoms with Crippen molar-refractivity contribution in [2.75, 3.05) is 32.1 Å². The first-order valence-corrected chi connectivity index (χ1v) is 9.17. The molecule has 1 heterocycles. The minimum absolute atomic E-state index is 0.0757. The van der Waals surface area contributed by atoms with Crippen LogP contribution in [0.1, 0.15) is 23.6 Å². The SMILES string of the molecule is CN(C)c1ccc(C2/C(=C(\O)c3ccccc3)C(=O)C(=O)N2CCCO)cc1. The maximum absolute atomic E-state index is 12.8. The van der Waals surface area contributed by atoms with E-state index in [0.717, 1.165) is 11.3 Å². The summed E-state index contributed by atoms with van der Waals surface area (Å²) >= 11 is 0. The van der Waals surface area contributed by atoms with Gasteiger partial charge in [0.2, 0.25) is 0 Å². The van der Waals surface area contributed by atoms with Crippen LogP contribution in [0.3, 0.4) is 0 Å². The van der Waals surface area contributed by atoms with Crippen molar-refractivity contribution in [1.82, 2.24) is 4.90 Å². The highest BCUT2D eigenvalue weighted by atomic mass is 16.3. The Labute approximate surface area is 164 Å². The summed E-state index contributed by atoms with van der Waals surface area (Å²) in [6.07, 6.45) is 0.352. The highest BCUT2D eigenvalue weighted by Gasteiger charge is 2.45. The van der Waals surface area contributed by atoms with Gasteiger partial charge in [0.25, 0.3) is 11.7 Å². The molecule has 2 N–H and O–H groups in total. The van der Waals surface area contributed by atoms with Crippen molar-refractivity contribution in [2.24, 2.45) is 0 Å². The molecule has 1 atom stereocenters. The first-order chi connectivity index (χ1) is 13.5. The van der Waals surface area contributed by atoms with Gasteiger partial charge in [-0.3, -0.25) is 9.59 Å². The number of amides is 1. The van der Waals surface area contributed by atoms with Crippen LogP contribution in [0.15, 0.2) is 60.2 Å². The topological polar surface area (TPSA) is 81.1 Å². The van der Waals surface area contributed by atoms with Gasteiger partial charge in [-0.15, -0.1) is 0 Å². The molecule has 3 rings (SSSR count). The van der Waals surface area contributed by atoms with E-state index in [9.17, 15) is 19.8 Å². The fourth-order valence-electron chi connectivity index (χ4n) is 3.40. The van der Waals surface area contributed by atoms with E-state index in [4.69, 9.17) is 0 Å². The number of Topliss-reactive ketones (excluding diaryl/α,β-unsaturated/α-hetero) is 1. The second-order valence-corrected chi connectivity index (χ2v) is 6.92. The fourth-order valence-corrected chi connectivity index (χ4v) is 3.40. The van der Waals surface area contributed by atoms with Gasteiger partial charge in [0.05, 0.1) is 11.6 Å². The van der Waals surface area contributed by atoms with Crippen molar-refractivity contribution in [3.05, 3.63) is 71.3 Å². The van der Waals surface area contributed by atoms with Crippen LogP contribution < -0.4 is 4.90 Å². The normalized spacial score (nSPS) is 18.5. The Balaban J connectivity index is 2.12. The molecule has 6 nitrogen and oxygen atoms in total. The number of rotatable bonds is 6. The number of benzene rings is 2. The van der Waals surface area contributed by atoms with E-state index in [-0.39, 0.29) is 24.5 Å². The second-order valence-electron chi connectivity index (χ2n) is 6.92. The third kappa shape index (κ3) is 3.64. The molecule has 0 aromatic heterocycles. The molecule has 1 unspecified atom stereocenters. The number of carbonyl (C=O) groups excluding carboxylic acids is 2. The lowest BCUT2D eigenvalue weighted by molar-refractivity contribution is -0.140. The van der Waals surface area contributed by atoms with Gasteiger partial charge in [-0.1, -0.05) is 42.5 Å². The van der Waals surface area contributed by atoms with Crippen molar-refractivity contribution in [2.45, 2.75) is 12.5 Å². The van der Waals surface area contributed by atoms with Crippen LogP contribution in [0.4, 0.5) is 5.69 Å². The molecule has 1 fully saturated rings. The van der Waals surface area contributed by atoms with E-state index in [1.807, 2.05) is 49.3 Å². The first-order valence-electron chi connectivity index (χ1n) is 9.17. The van der Waals surface area contributed by atoms with Crippen LogP contribution in [-0.4, -0.2) is 54.1 Å². The molecule has 2 aromatic carbocycles. The highest BCUT2D eigenvalue weighted by Crippen LogP contribution is 2.39. The average Bonchev–Trinajstić information content (AvgIpc) is 2.97. The predicted octanol–water partition coefficient (Wildman–Crippen LogP) is 2.56. The summed E-state index contributed by atoms with van der Waals surface area (Å²) in [7, 11) is 3.86. The zero-order valence-electron chi connectivity index (χ0n) is 16.0. The average molecular weight is 380 g/mol. The fraction of sp³-hybridized carbons (Fsp3) is 0.273. The van der Waals surface area contributed by atoms with E-state index in [1.54, 1.807) is 24.3 Å². The highest BCUT2D eigenvalue weighted by molar-refractivity contribution is 6.46. The molecule has 1 saturated heterocycles. The van der Waals surface area contributed by atoms with Crippen molar-refractivity contribution < 1.29 is 19.8 Å². The second kappa shape index (κ2) is 8.27. The molecule has 28 heavy (non-hydrogen) atoms. The van der Waals surface area contributed by atoms with Crippen LogP contribution in [-0.2, 0) is 9.59 Å². The smallest absolute Gasteiger partial charge is 0.295 e. The lowest BCUT2D eigenvalue weighted by Gasteiger charge is -2.25. The number of nitrogens with zero attached hydrogens (tertiary/aromatic N) is 2. The molecule has 146 valence electrons. The summed E-state index contributed by atoms with van der Waals surface area (Å²) in [6, 6.07) is 15.6. The van der Waals surface area contributed by atoms with Gasteiger partial charge < -0.3 is 20.0 Å². The lowest BCUT2D eigenvalue weighted by atomic mass is 9.95. The predicted molar refractivity (Wildman–Crippen MR) is 108 cm³/mol. The van der Waals surface area contributed by atoms with Crippen molar-refractivity contribution >= 4 is 23.1 Å². The molecule has 0 radical (unpaired) electrons. The molecule has 0 aliphatic carbocycles. The maximum atomic E-state index is 12.8. The molecule has 0 saturated carbocycles. The summed E-state index contributed by atoms with van der Waals surface area (Å²) in [5, 5.41) is 20.0. The number of hydrogen-bond donors (Lipinski definition) is 2. The van der Waals surface area contributed by atoms with Gasteiger partial charge in [-0.25, -0.2) is 0 Å². The molecule has 2 aromatic rings. The third-order valence-corrected chi connectivity index (χ3v) is 4.87. The van der Waals surface area contributed by atoms with E-state index in [1.165, 1.54) is 4.90 Å². The van der Waals surface area contributed by atoms with Gasteiger partial charge in [0.1, 0.15) is 5.76 Å². The third-order valence-electron chi connectivity index (χ3n) is 4.87. The monoisotopic (exact) mass is 380 g/mol. The number of anilines is 1. The molecule has 0 spiro atoms. The van der Waals surface area contributed by atoms with Gasteiger partial charge in [0.15, 0.2) is 0 Å². The van der Waals surface area contributed by atoms with E-state index >= 15 is 0 Å². The van der Waals surface area contributed by atoms with Crippen LogP contribution in [0.25, 0.3) is 5.76 Å². The number of ketones is 1. The minimum Gasteiger partial charge on any atom is -0.507 e. The van der Waals surface area contributed by atoms with E-state index in [0.29, 0.717) is 12.0 Å². The maximum Gasteiger partial charge on any atom is 0.295 e. The minimum atomic E-state index is -0.707. The molecular formula is C22H24N2O4. The number of likely N-dealkylation sites (tertiary alicyclic amines) is 1. The molecule has 1 aliphatic heterocycles. The van der Waals surface area contributed by atoms with Gasteiger partial charge >= 0.3 is 0 Å². The molecule has 0 bridgehead atoms. The Morgan fingerprint density at radius 3 is 2.25 bits per heavy atom. The van der Waals surface area contributed by atoms with E-state index in [2.05, 4.69) is 0 Å². The van der Waals surface area contributed by atoms with Gasteiger partial charge in [-0.2, -0.15) is 0 Å². The number of aliphatic hydroxyl groups is 2. The van der Waals surface area contributed by atoms with Crippen molar-refractivity contribution in [3.8, 4) is 0 Å². The van der Waals surface area contributed by atoms with Crippen LogP contribution >= 0.6 is 0 Å². The summed E-state index contributed by atoms with van der Waals surface area (Å²) in [6.45, 7) is 0.140. The van der Waals surface area contributed by atoms with E-state index < -0.39 is 17.7 Å². The quantitative estimate of drug-likeness (QED) is 0.457. The molecular weight excluding hydrogens is 356 g/mol. The first kappa shape index (κ1) is 19.6. The van der Waals surface area contributed by atoms with Crippen molar-refractivity contribution in [3.63, 3.8) is 0 Å². The molecule has 6 heteroatoms.